The van der Waals surface area contributed by atoms with Gasteiger partial charge in [0.05, 0.1) is 5.69 Å². The molecule has 0 aliphatic heterocycles. The summed E-state index contributed by atoms with van der Waals surface area (Å²) >= 11 is 6.09. The Hall–Kier alpha value is -3.97. The van der Waals surface area contributed by atoms with Gasteiger partial charge in [-0.05, 0) is 55.8 Å². The Kier molecular flexibility index (Phi) is 6.28. The Bertz CT molecular complexity index is 1280. The van der Waals surface area contributed by atoms with Crippen LogP contribution >= 0.6 is 11.6 Å². The van der Waals surface area contributed by atoms with Crippen LogP contribution in [0.4, 0.5) is 5.69 Å². The first-order chi connectivity index (χ1) is 15.5. The summed E-state index contributed by atoms with van der Waals surface area (Å²) < 4.78 is 7.71. The maximum absolute atomic E-state index is 12.2. The first kappa shape index (κ1) is 21.3. The number of aromatic nitrogens is 4. The van der Waals surface area contributed by atoms with Gasteiger partial charge in [0.15, 0.2) is 0 Å². The first-order valence-electron chi connectivity index (χ1n) is 9.84. The maximum atomic E-state index is 12.2. The smallest absolute Gasteiger partial charge is 0.248 e. The standard InChI is InChI=1S/C24H20ClN5O2/c1-16-17(2)30(15-28-16)22-13-24(27-14-26-22)32-20-10-8-19(9-11-20)29-23(31)12-7-18-5-3-4-6-21(18)25/h3-15H,1-2H3,(H,29,31)/b12-7+. The molecular formula is C24H20ClN5O2. The second kappa shape index (κ2) is 9.45. The van der Waals surface area contributed by atoms with Gasteiger partial charge in [-0.3, -0.25) is 9.36 Å². The molecule has 7 nitrogen and oxygen atoms in total. The molecule has 0 bridgehead atoms. The molecule has 0 unspecified atom stereocenters. The van der Waals surface area contributed by atoms with Crippen molar-refractivity contribution in [3.8, 4) is 17.4 Å². The number of imidazole rings is 1. The topological polar surface area (TPSA) is 81.9 Å². The lowest BCUT2D eigenvalue weighted by Gasteiger charge is -2.09. The van der Waals surface area contributed by atoms with Gasteiger partial charge in [0.2, 0.25) is 11.8 Å². The highest BCUT2D eigenvalue weighted by Crippen LogP contribution is 2.23. The second-order valence-corrected chi connectivity index (χ2v) is 7.38. The van der Waals surface area contributed by atoms with Crippen molar-refractivity contribution in [2.45, 2.75) is 13.8 Å². The number of anilines is 1. The number of rotatable bonds is 6. The van der Waals surface area contributed by atoms with Crippen LogP contribution in [0.3, 0.4) is 0 Å². The van der Waals surface area contributed by atoms with E-state index in [9.17, 15) is 4.79 Å². The van der Waals surface area contributed by atoms with Crippen molar-refractivity contribution in [2.24, 2.45) is 0 Å². The van der Waals surface area contributed by atoms with Gasteiger partial charge in [0.1, 0.15) is 24.2 Å². The highest BCUT2D eigenvalue weighted by molar-refractivity contribution is 6.32. The molecule has 1 amide bonds. The van der Waals surface area contributed by atoms with Crippen LogP contribution in [-0.4, -0.2) is 25.4 Å². The maximum Gasteiger partial charge on any atom is 0.248 e. The summed E-state index contributed by atoms with van der Waals surface area (Å²) in [6, 6.07) is 16.1. The zero-order valence-corrected chi connectivity index (χ0v) is 18.2. The third-order valence-electron chi connectivity index (χ3n) is 4.79. The van der Waals surface area contributed by atoms with Crippen LogP contribution in [0.5, 0.6) is 11.6 Å². The predicted molar refractivity (Wildman–Crippen MR) is 124 cm³/mol. The van der Waals surface area contributed by atoms with E-state index >= 15 is 0 Å². The Labute approximate surface area is 190 Å². The van der Waals surface area contributed by atoms with Gasteiger partial charge in [0, 0.05) is 28.5 Å². The minimum atomic E-state index is -0.259. The van der Waals surface area contributed by atoms with E-state index < -0.39 is 0 Å². The molecule has 0 spiro atoms. The van der Waals surface area contributed by atoms with Crippen molar-refractivity contribution in [3.63, 3.8) is 0 Å². The zero-order valence-electron chi connectivity index (χ0n) is 17.5. The van der Waals surface area contributed by atoms with E-state index in [1.165, 1.54) is 12.4 Å². The van der Waals surface area contributed by atoms with Crippen LogP contribution in [0, 0.1) is 13.8 Å². The Morgan fingerprint density at radius 2 is 1.84 bits per heavy atom. The largest absolute Gasteiger partial charge is 0.439 e. The lowest BCUT2D eigenvalue weighted by molar-refractivity contribution is -0.111. The SMILES string of the molecule is Cc1ncn(-c2cc(Oc3ccc(NC(=O)/C=C/c4ccccc4Cl)cc3)ncn2)c1C. The van der Waals surface area contributed by atoms with E-state index in [4.69, 9.17) is 16.3 Å². The molecule has 160 valence electrons. The van der Waals surface area contributed by atoms with Gasteiger partial charge in [-0.2, -0.15) is 0 Å². The molecule has 0 aliphatic carbocycles. The van der Waals surface area contributed by atoms with Gasteiger partial charge in [-0.1, -0.05) is 29.8 Å². The van der Waals surface area contributed by atoms with Crippen LogP contribution < -0.4 is 10.1 Å². The van der Waals surface area contributed by atoms with E-state index in [0.29, 0.717) is 28.2 Å². The molecule has 0 radical (unpaired) electrons. The number of nitrogens with one attached hydrogen (secondary N) is 1. The van der Waals surface area contributed by atoms with Gasteiger partial charge >= 0.3 is 0 Å². The fourth-order valence-electron chi connectivity index (χ4n) is 2.93. The van der Waals surface area contributed by atoms with Crippen molar-refractivity contribution >= 4 is 29.3 Å². The normalized spacial score (nSPS) is 11.0. The highest BCUT2D eigenvalue weighted by Gasteiger charge is 2.08. The average molecular weight is 446 g/mol. The minimum Gasteiger partial charge on any atom is -0.439 e. The number of benzene rings is 2. The lowest BCUT2D eigenvalue weighted by Crippen LogP contribution is -2.07. The summed E-state index contributed by atoms with van der Waals surface area (Å²) in [4.78, 5) is 24.9. The molecule has 1 N–H and O–H groups in total. The van der Waals surface area contributed by atoms with Crippen molar-refractivity contribution < 1.29 is 9.53 Å². The van der Waals surface area contributed by atoms with E-state index in [1.54, 1.807) is 48.8 Å². The van der Waals surface area contributed by atoms with Crippen LogP contribution in [0.2, 0.25) is 5.02 Å². The summed E-state index contributed by atoms with van der Waals surface area (Å²) in [5, 5.41) is 3.39. The average Bonchev–Trinajstić information content (AvgIpc) is 3.13. The summed E-state index contributed by atoms with van der Waals surface area (Å²) in [6.07, 6.45) is 6.27. The van der Waals surface area contributed by atoms with Crippen molar-refractivity contribution in [1.29, 1.82) is 0 Å². The molecule has 4 rings (SSSR count). The number of nitrogens with zero attached hydrogens (tertiary/aromatic N) is 4. The van der Waals surface area contributed by atoms with E-state index in [0.717, 1.165) is 17.0 Å². The number of carbonyl (C=O) groups is 1. The molecule has 2 aromatic carbocycles. The predicted octanol–water partition coefficient (Wildman–Crippen LogP) is 5.38. The highest BCUT2D eigenvalue weighted by atomic mass is 35.5. The third-order valence-corrected chi connectivity index (χ3v) is 5.13. The number of carbonyl (C=O) groups excluding carboxylic acids is 1. The van der Waals surface area contributed by atoms with Crippen molar-refractivity contribution in [2.75, 3.05) is 5.32 Å². The van der Waals surface area contributed by atoms with Crippen LogP contribution in [0.15, 0.2) is 73.3 Å². The van der Waals surface area contributed by atoms with Gasteiger partial charge in [-0.25, -0.2) is 15.0 Å². The molecule has 0 saturated carbocycles. The van der Waals surface area contributed by atoms with E-state index in [-0.39, 0.29) is 5.91 Å². The number of amides is 1. The number of ether oxygens (including phenoxy) is 1. The van der Waals surface area contributed by atoms with Gasteiger partial charge in [0.25, 0.3) is 0 Å². The third kappa shape index (κ3) is 5.01. The van der Waals surface area contributed by atoms with Crippen molar-refractivity contribution in [1.82, 2.24) is 19.5 Å². The molecule has 4 aromatic rings. The summed E-state index contributed by atoms with van der Waals surface area (Å²) in [5.74, 6) is 1.39. The zero-order chi connectivity index (χ0) is 22.5. The first-order valence-corrected chi connectivity index (χ1v) is 10.2. The number of aryl methyl sites for hydroxylation is 1. The molecule has 0 atom stereocenters. The molecule has 32 heavy (non-hydrogen) atoms. The van der Waals surface area contributed by atoms with Crippen LogP contribution in [0.1, 0.15) is 17.0 Å². The molecule has 2 heterocycles. The Morgan fingerprint density at radius 1 is 1.06 bits per heavy atom. The van der Waals surface area contributed by atoms with Crippen molar-refractivity contribution in [3.05, 3.63) is 95.3 Å². The number of hydrogen-bond donors (Lipinski definition) is 1. The summed E-state index contributed by atoms with van der Waals surface area (Å²) in [7, 11) is 0. The van der Waals surface area contributed by atoms with E-state index in [2.05, 4.69) is 20.3 Å². The molecule has 2 aromatic heterocycles. The quantitative estimate of drug-likeness (QED) is 0.403. The molecule has 0 fully saturated rings. The second-order valence-electron chi connectivity index (χ2n) is 6.97. The van der Waals surface area contributed by atoms with E-state index in [1.807, 2.05) is 36.6 Å². The minimum absolute atomic E-state index is 0.259. The number of hydrogen-bond acceptors (Lipinski definition) is 5. The monoisotopic (exact) mass is 445 g/mol. The lowest BCUT2D eigenvalue weighted by atomic mass is 10.2. The molecule has 0 saturated heterocycles. The number of halogens is 1. The van der Waals surface area contributed by atoms with Gasteiger partial charge < -0.3 is 10.1 Å². The van der Waals surface area contributed by atoms with Gasteiger partial charge in [-0.15, -0.1) is 0 Å². The molecule has 0 aliphatic rings. The van der Waals surface area contributed by atoms with Crippen LogP contribution in [-0.2, 0) is 4.79 Å². The fourth-order valence-corrected chi connectivity index (χ4v) is 3.13. The Balaban J connectivity index is 1.40. The summed E-state index contributed by atoms with van der Waals surface area (Å²) in [5.41, 5.74) is 3.35. The fraction of sp³-hybridized carbons (Fsp3) is 0.0833. The molecule has 8 heteroatoms. The Morgan fingerprint density at radius 3 is 2.56 bits per heavy atom. The summed E-state index contributed by atoms with van der Waals surface area (Å²) in [6.45, 7) is 3.92. The molecular weight excluding hydrogens is 426 g/mol. The van der Waals surface area contributed by atoms with Crippen LogP contribution in [0.25, 0.3) is 11.9 Å².